The molecule has 2 aromatic heterocycles. The summed E-state index contributed by atoms with van der Waals surface area (Å²) in [5, 5.41) is 19.6. The lowest BCUT2D eigenvalue weighted by Gasteiger charge is -2.15. The summed E-state index contributed by atoms with van der Waals surface area (Å²) in [5.41, 5.74) is 0.344. The van der Waals surface area contributed by atoms with Crippen LogP contribution in [-0.2, 0) is 7.05 Å². The standard InChI is InChI=1S/C14H19N7OS/c1-20-10-16-19-14(20)23-9-6-15-13(22)11-4-5-12(18-17-11)21-7-2-3-8-21/h4-5,10H,2-3,6-9H2,1H3,(H,15,22). The van der Waals surface area contributed by atoms with Crippen molar-refractivity contribution in [1.29, 1.82) is 0 Å². The van der Waals surface area contributed by atoms with E-state index in [4.69, 9.17) is 0 Å². The van der Waals surface area contributed by atoms with Crippen LogP contribution >= 0.6 is 11.8 Å². The number of rotatable bonds is 6. The smallest absolute Gasteiger partial charge is 0.271 e. The van der Waals surface area contributed by atoms with E-state index in [2.05, 4.69) is 30.6 Å². The van der Waals surface area contributed by atoms with Crippen molar-refractivity contribution in [3.8, 4) is 0 Å². The predicted octanol–water partition coefficient (Wildman–Crippen LogP) is 0.727. The Hall–Kier alpha value is -2.16. The number of carbonyl (C=O) groups excluding carboxylic acids is 1. The summed E-state index contributed by atoms with van der Waals surface area (Å²) in [6.45, 7) is 2.56. The van der Waals surface area contributed by atoms with Gasteiger partial charge >= 0.3 is 0 Å². The minimum Gasteiger partial charge on any atom is -0.355 e. The lowest BCUT2D eigenvalue weighted by atomic mass is 10.3. The van der Waals surface area contributed by atoms with Gasteiger partial charge in [0.15, 0.2) is 16.7 Å². The maximum atomic E-state index is 12.0. The van der Waals surface area contributed by atoms with Crippen LogP contribution in [0.3, 0.4) is 0 Å². The first-order chi connectivity index (χ1) is 11.2. The van der Waals surface area contributed by atoms with Gasteiger partial charge < -0.3 is 14.8 Å². The average molecular weight is 333 g/mol. The van der Waals surface area contributed by atoms with Crippen LogP contribution in [0.1, 0.15) is 23.3 Å². The van der Waals surface area contributed by atoms with Gasteiger partial charge in [-0.2, -0.15) is 0 Å². The molecule has 8 nitrogen and oxygen atoms in total. The summed E-state index contributed by atoms with van der Waals surface area (Å²) >= 11 is 1.54. The molecule has 0 unspecified atom stereocenters. The number of thioether (sulfide) groups is 1. The summed E-state index contributed by atoms with van der Waals surface area (Å²) < 4.78 is 1.84. The molecule has 0 aliphatic carbocycles. The van der Waals surface area contributed by atoms with E-state index in [1.165, 1.54) is 12.8 Å². The van der Waals surface area contributed by atoms with Gasteiger partial charge in [0.2, 0.25) is 0 Å². The highest BCUT2D eigenvalue weighted by Crippen LogP contribution is 2.16. The molecule has 0 saturated carbocycles. The quantitative estimate of drug-likeness (QED) is 0.615. The molecule has 23 heavy (non-hydrogen) atoms. The highest BCUT2D eigenvalue weighted by molar-refractivity contribution is 7.99. The number of anilines is 1. The van der Waals surface area contributed by atoms with Gasteiger partial charge in [0, 0.05) is 32.4 Å². The number of amides is 1. The molecule has 0 spiro atoms. The van der Waals surface area contributed by atoms with E-state index in [9.17, 15) is 4.79 Å². The van der Waals surface area contributed by atoms with Gasteiger partial charge in [0.25, 0.3) is 5.91 Å². The molecule has 1 aliphatic heterocycles. The van der Waals surface area contributed by atoms with Gasteiger partial charge in [-0.25, -0.2) is 0 Å². The van der Waals surface area contributed by atoms with Crippen molar-refractivity contribution < 1.29 is 4.79 Å². The predicted molar refractivity (Wildman–Crippen MR) is 87.5 cm³/mol. The molecular formula is C14H19N7OS. The summed E-state index contributed by atoms with van der Waals surface area (Å²) in [4.78, 5) is 14.2. The summed E-state index contributed by atoms with van der Waals surface area (Å²) in [5.74, 6) is 1.36. The Labute approximate surface area is 138 Å². The van der Waals surface area contributed by atoms with Gasteiger partial charge in [-0.1, -0.05) is 11.8 Å². The largest absolute Gasteiger partial charge is 0.355 e. The average Bonchev–Trinajstić information content (AvgIpc) is 3.23. The van der Waals surface area contributed by atoms with Gasteiger partial charge in [-0.05, 0) is 25.0 Å². The van der Waals surface area contributed by atoms with Crippen LogP contribution in [0, 0.1) is 0 Å². The fraction of sp³-hybridized carbons (Fsp3) is 0.500. The number of hydrogen-bond donors (Lipinski definition) is 1. The van der Waals surface area contributed by atoms with Crippen LogP contribution in [0.15, 0.2) is 23.6 Å². The van der Waals surface area contributed by atoms with Crippen molar-refractivity contribution in [2.75, 3.05) is 30.3 Å². The first kappa shape index (κ1) is 15.7. The maximum absolute atomic E-state index is 12.0. The van der Waals surface area contributed by atoms with Crippen molar-refractivity contribution in [3.05, 3.63) is 24.2 Å². The van der Waals surface area contributed by atoms with E-state index in [1.54, 1.807) is 24.2 Å². The molecule has 9 heteroatoms. The van der Waals surface area contributed by atoms with E-state index in [0.29, 0.717) is 12.2 Å². The molecular weight excluding hydrogens is 314 g/mol. The third-order valence-corrected chi connectivity index (χ3v) is 4.64. The molecule has 0 atom stereocenters. The normalized spacial score (nSPS) is 14.2. The van der Waals surface area contributed by atoms with E-state index in [1.807, 2.05) is 17.7 Å². The minimum atomic E-state index is -0.205. The second-order valence-corrected chi connectivity index (χ2v) is 6.36. The van der Waals surface area contributed by atoms with E-state index in [-0.39, 0.29) is 5.91 Å². The maximum Gasteiger partial charge on any atom is 0.271 e. The van der Waals surface area contributed by atoms with Crippen LogP contribution in [0.25, 0.3) is 0 Å². The molecule has 2 aromatic rings. The lowest BCUT2D eigenvalue weighted by molar-refractivity contribution is 0.0950. The Balaban J connectivity index is 1.45. The molecule has 0 radical (unpaired) electrons. The number of carbonyl (C=O) groups is 1. The molecule has 1 saturated heterocycles. The van der Waals surface area contributed by atoms with Gasteiger partial charge in [-0.15, -0.1) is 20.4 Å². The van der Waals surface area contributed by atoms with Crippen LogP contribution in [0.2, 0.25) is 0 Å². The summed E-state index contributed by atoms with van der Waals surface area (Å²) in [7, 11) is 1.89. The van der Waals surface area contributed by atoms with Crippen LogP contribution in [0.5, 0.6) is 0 Å². The minimum absolute atomic E-state index is 0.205. The molecule has 3 heterocycles. The molecule has 0 bridgehead atoms. The van der Waals surface area contributed by atoms with E-state index >= 15 is 0 Å². The Bertz CT molecular complexity index is 651. The van der Waals surface area contributed by atoms with Crippen molar-refractivity contribution in [2.45, 2.75) is 18.0 Å². The van der Waals surface area contributed by atoms with Crippen molar-refractivity contribution in [3.63, 3.8) is 0 Å². The molecule has 1 fully saturated rings. The van der Waals surface area contributed by atoms with Gasteiger partial charge in [0.1, 0.15) is 6.33 Å². The first-order valence-electron chi connectivity index (χ1n) is 7.58. The third-order valence-electron chi connectivity index (χ3n) is 3.60. The van der Waals surface area contributed by atoms with Crippen molar-refractivity contribution in [1.82, 2.24) is 30.3 Å². The molecule has 1 aliphatic rings. The number of nitrogens with one attached hydrogen (secondary N) is 1. The summed E-state index contributed by atoms with van der Waals surface area (Å²) in [6, 6.07) is 3.59. The van der Waals surface area contributed by atoms with Gasteiger partial charge in [0.05, 0.1) is 0 Å². The Kier molecular flexibility index (Phi) is 5.06. The third kappa shape index (κ3) is 3.98. The molecule has 122 valence electrons. The zero-order valence-electron chi connectivity index (χ0n) is 13.0. The number of hydrogen-bond acceptors (Lipinski definition) is 7. The Morgan fingerprint density at radius 2 is 2.09 bits per heavy atom. The highest BCUT2D eigenvalue weighted by atomic mass is 32.2. The monoisotopic (exact) mass is 333 g/mol. The van der Waals surface area contributed by atoms with Gasteiger partial charge in [-0.3, -0.25) is 4.79 Å². The highest BCUT2D eigenvalue weighted by Gasteiger charge is 2.15. The fourth-order valence-electron chi connectivity index (χ4n) is 2.36. The van der Waals surface area contributed by atoms with E-state index < -0.39 is 0 Å². The fourth-order valence-corrected chi connectivity index (χ4v) is 3.10. The van der Waals surface area contributed by atoms with Crippen LogP contribution in [-0.4, -0.2) is 56.3 Å². The molecule has 1 amide bonds. The van der Waals surface area contributed by atoms with Crippen LogP contribution in [0.4, 0.5) is 5.82 Å². The zero-order chi connectivity index (χ0) is 16.1. The molecule has 1 N–H and O–H groups in total. The SMILES string of the molecule is Cn1cnnc1SCCNC(=O)c1ccc(N2CCCC2)nn1. The topological polar surface area (TPSA) is 88.8 Å². The Morgan fingerprint density at radius 1 is 1.26 bits per heavy atom. The number of aromatic nitrogens is 5. The van der Waals surface area contributed by atoms with Crippen molar-refractivity contribution in [2.24, 2.45) is 7.05 Å². The van der Waals surface area contributed by atoms with E-state index in [0.717, 1.165) is 29.8 Å². The van der Waals surface area contributed by atoms with Crippen molar-refractivity contribution >= 4 is 23.5 Å². The second-order valence-electron chi connectivity index (χ2n) is 5.30. The van der Waals surface area contributed by atoms with Crippen LogP contribution < -0.4 is 10.2 Å². The zero-order valence-corrected chi connectivity index (χ0v) is 13.8. The number of nitrogens with zero attached hydrogens (tertiary/aromatic N) is 6. The summed E-state index contributed by atoms with van der Waals surface area (Å²) in [6.07, 6.45) is 4.03. The lowest BCUT2D eigenvalue weighted by Crippen LogP contribution is -2.27. The number of aryl methyl sites for hydroxylation is 1. The second kappa shape index (κ2) is 7.40. The molecule has 0 aromatic carbocycles. The Morgan fingerprint density at radius 3 is 2.74 bits per heavy atom. The first-order valence-corrected chi connectivity index (χ1v) is 8.56. The molecule has 3 rings (SSSR count).